The fraction of sp³-hybridized carbons (Fsp3) is 0.304. The Morgan fingerprint density at radius 2 is 1.72 bits per heavy atom. The first-order valence-electron chi connectivity index (χ1n) is 9.84. The van der Waals surface area contributed by atoms with Gasteiger partial charge in [0.25, 0.3) is 11.8 Å². The zero-order valence-electron chi connectivity index (χ0n) is 16.1. The maximum atomic E-state index is 13.4. The summed E-state index contributed by atoms with van der Waals surface area (Å²) in [6.07, 6.45) is 1.81. The number of amides is 2. The van der Waals surface area contributed by atoms with Crippen molar-refractivity contribution in [2.45, 2.75) is 19.4 Å². The number of rotatable bonds is 5. The highest BCUT2D eigenvalue weighted by molar-refractivity contribution is 6.35. The normalized spacial score (nSPS) is 20.0. The highest BCUT2D eigenvalue weighted by Gasteiger charge is 2.42. The smallest absolute Gasteiger partial charge is 0.278 e. The number of piperidine rings is 1. The standard InChI is InChI=1S/C23H23ClN2O3/c24-19-10-8-16(9-11-19)14-26-22(28)20(18-6-2-1-3-7-18)21(23(26)29)25-12-4-5-17(13-25)15-27/h1-3,6-11,17,27H,4-5,12-15H2. The minimum Gasteiger partial charge on any atom is -0.396 e. The molecule has 2 amide bonds. The van der Waals surface area contributed by atoms with Crippen molar-refractivity contribution in [3.63, 3.8) is 0 Å². The summed E-state index contributed by atoms with van der Waals surface area (Å²) >= 11 is 5.96. The number of carbonyl (C=O) groups excluding carboxylic acids is 2. The third kappa shape index (κ3) is 3.93. The molecule has 29 heavy (non-hydrogen) atoms. The molecular weight excluding hydrogens is 388 g/mol. The summed E-state index contributed by atoms with van der Waals surface area (Å²) < 4.78 is 0. The average Bonchev–Trinajstić information content (AvgIpc) is 3.00. The molecule has 2 aromatic rings. The lowest BCUT2D eigenvalue weighted by molar-refractivity contribution is -0.138. The topological polar surface area (TPSA) is 60.9 Å². The van der Waals surface area contributed by atoms with E-state index in [1.807, 2.05) is 47.4 Å². The molecule has 5 nitrogen and oxygen atoms in total. The number of nitrogens with zero attached hydrogens (tertiary/aromatic N) is 2. The van der Waals surface area contributed by atoms with Gasteiger partial charge in [0.2, 0.25) is 0 Å². The van der Waals surface area contributed by atoms with Gasteiger partial charge in [0.1, 0.15) is 5.70 Å². The predicted molar refractivity (Wildman–Crippen MR) is 112 cm³/mol. The SMILES string of the molecule is O=C1C(c2ccccc2)=C(N2CCCC(CO)C2)C(=O)N1Cc1ccc(Cl)cc1. The average molecular weight is 411 g/mol. The maximum Gasteiger partial charge on any atom is 0.278 e. The van der Waals surface area contributed by atoms with Gasteiger partial charge in [0.05, 0.1) is 12.1 Å². The minimum atomic E-state index is -0.280. The maximum absolute atomic E-state index is 13.4. The summed E-state index contributed by atoms with van der Waals surface area (Å²) in [6, 6.07) is 16.5. The third-order valence-electron chi connectivity index (χ3n) is 5.55. The Morgan fingerprint density at radius 1 is 1.00 bits per heavy atom. The lowest BCUT2D eigenvalue weighted by Gasteiger charge is -2.34. The van der Waals surface area contributed by atoms with Gasteiger partial charge in [-0.15, -0.1) is 0 Å². The number of aliphatic hydroxyl groups is 1. The Labute approximate surface area is 175 Å². The Bertz CT molecular complexity index is 940. The minimum absolute atomic E-state index is 0.0844. The van der Waals surface area contributed by atoms with Crippen LogP contribution in [-0.2, 0) is 16.1 Å². The fourth-order valence-electron chi connectivity index (χ4n) is 4.05. The monoisotopic (exact) mass is 410 g/mol. The molecule has 0 radical (unpaired) electrons. The van der Waals surface area contributed by atoms with E-state index in [-0.39, 0.29) is 30.9 Å². The first-order valence-corrected chi connectivity index (χ1v) is 10.2. The summed E-state index contributed by atoms with van der Waals surface area (Å²) in [5.74, 6) is -0.443. The molecule has 0 aromatic heterocycles. The molecule has 2 aliphatic heterocycles. The van der Waals surface area contributed by atoms with Crippen molar-refractivity contribution in [2.75, 3.05) is 19.7 Å². The van der Waals surface area contributed by atoms with Crippen LogP contribution in [0.3, 0.4) is 0 Å². The van der Waals surface area contributed by atoms with Gasteiger partial charge in [-0.05, 0) is 42.0 Å². The molecule has 2 aliphatic rings. The molecule has 0 saturated carbocycles. The van der Waals surface area contributed by atoms with Crippen LogP contribution < -0.4 is 0 Å². The van der Waals surface area contributed by atoms with E-state index in [1.54, 1.807) is 12.1 Å². The van der Waals surface area contributed by atoms with Crippen LogP contribution in [0.4, 0.5) is 0 Å². The summed E-state index contributed by atoms with van der Waals surface area (Å²) in [4.78, 5) is 30.0. The molecule has 2 heterocycles. The fourth-order valence-corrected chi connectivity index (χ4v) is 4.18. The highest BCUT2D eigenvalue weighted by atomic mass is 35.5. The lowest BCUT2D eigenvalue weighted by Crippen LogP contribution is -2.40. The first kappa shape index (κ1) is 19.7. The van der Waals surface area contributed by atoms with E-state index in [1.165, 1.54) is 4.90 Å². The molecule has 6 heteroatoms. The van der Waals surface area contributed by atoms with Gasteiger partial charge in [-0.1, -0.05) is 54.1 Å². The zero-order valence-corrected chi connectivity index (χ0v) is 16.8. The molecule has 1 saturated heterocycles. The second-order valence-electron chi connectivity index (χ2n) is 7.55. The number of aliphatic hydroxyl groups excluding tert-OH is 1. The number of halogens is 1. The summed E-state index contributed by atoms with van der Waals surface area (Å²) in [6.45, 7) is 1.57. The van der Waals surface area contributed by atoms with Crippen LogP contribution >= 0.6 is 11.6 Å². The van der Waals surface area contributed by atoms with Gasteiger partial charge >= 0.3 is 0 Å². The molecule has 4 rings (SSSR count). The Kier molecular flexibility index (Phi) is 5.69. The molecule has 1 N–H and O–H groups in total. The van der Waals surface area contributed by atoms with E-state index < -0.39 is 0 Å². The predicted octanol–water partition coefficient (Wildman–Crippen LogP) is 3.32. The molecule has 1 fully saturated rings. The Balaban J connectivity index is 1.71. The van der Waals surface area contributed by atoms with E-state index >= 15 is 0 Å². The van der Waals surface area contributed by atoms with E-state index in [4.69, 9.17) is 11.6 Å². The van der Waals surface area contributed by atoms with Crippen LogP contribution in [0.5, 0.6) is 0 Å². The van der Waals surface area contributed by atoms with E-state index in [0.29, 0.717) is 29.4 Å². The van der Waals surface area contributed by atoms with Crippen molar-refractivity contribution in [2.24, 2.45) is 5.92 Å². The van der Waals surface area contributed by atoms with Crippen LogP contribution in [-0.4, -0.2) is 46.4 Å². The first-order chi connectivity index (χ1) is 14.1. The van der Waals surface area contributed by atoms with Gasteiger partial charge < -0.3 is 10.0 Å². The summed E-state index contributed by atoms with van der Waals surface area (Å²) in [5, 5.41) is 10.2. The van der Waals surface area contributed by atoms with Crippen LogP contribution in [0.15, 0.2) is 60.3 Å². The van der Waals surface area contributed by atoms with Gasteiger partial charge in [0.15, 0.2) is 0 Å². The molecule has 1 atom stereocenters. The molecule has 1 unspecified atom stereocenters. The largest absolute Gasteiger partial charge is 0.396 e. The lowest BCUT2D eigenvalue weighted by atomic mass is 9.97. The number of carbonyl (C=O) groups is 2. The number of imide groups is 1. The molecule has 150 valence electrons. The van der Waals surface area contributed by atoms with Crippen molar-refractivity contribution in [1.29, 1.82) is 0 Å². The number of likely N-dealkylation sites (tertiary alicyclic amines) is 1. The van der Waals surface area contributed by atoms with Gasteiger partial charge in [-0.2, -0.15) is 0 Å². The van der Waals surface area contributed by atoms with Crippen molar-refractivity contribution >= 4 is 29.0 Å². The summed E-state index contributed by atoms with van der Waals surface area (Å²) in [7, 11) is 0. The van der Waals surface area contributed by atoms with Crippen LogP contribution in [0.25, 0.3) is 5.57 Å². The molecule has 0 aliphatic carbocycles. The van der Waals surface area contributed by atoms with Crippen LogP contribution in [0.2, 0.25) is 5.02 Å². The number of hydrogen-bond acceptors (Lipinski definition) is 4. The molecule has 0 bridgehead atoms. The second-order valence-corrected chi connectivity index (χ2v) is 7.99. The Hall–Kier alpha value is -2.63. The quantitative estimate of drug-likeness (QED) is 0.768. The third-order valence-corrected chi connectivity index (χ3v) is 5.81. The second kappa shape index (κ2) is 8.39. The van der Waals surface area contributed by atoms with Gasteiger partial charge in [0, 0.05) is 24.7 Å². The zero-order chi connectivity index (χ0) is 20.4. The van der Waals surface area contributed by atoms with E-state index in [9.17, 15) is 14.7 Å². The van der Waals surface area contributed by atoms with Crippen LogP contribution in [0, 0.1) is 5.92 Å². The molecule has 0 spiro atoms. The van der Waals surface area contributed by atoms with Crippen molar-refractivity contribution in [3.05, 3.63) is 76.4 Å². The molecule has 2 aromatic carbocycles. The van der Waals surface area contributed by atoms with Gasteiger partial charge in [-0.25, -0.2) is 0 Å². The Morgan fingerprint density at radius 3 is 2.41 bits per heavy atom. The van der Waals surface area contributed by atoms with Crippen molar-refractivity contribution in [3.8, 4) is 0 Å². The highest BCUT2D eigenvalue weighted by Crippen LogP contribution is 2.34. The summed E-state index contributed by atoms with van der Waals surface area (Å²) in [5.41, 5.74) is 2.48. The van der Waals surface area contributed by atoms with Crippen molar-refractivity contribution in [1.82, 2.24) is 9.80 Å². The van der Waals surface area contributed by atoms with E-state index in [2.05, 4.69) is 0 Å². The van der Waals surface area contributed by atoms with E-state index in [0.717, 1.165) is 24.0 Å². The van der Waals surface area contributed by atoms with Gasteiger partial charge in [-0.3, -0.25) is 14.5 Å². The van der Waals surface area contributed by atoms with Crippen molar-refractivity contribution < 1.29 is 14.7 Å². The number of hydrogen-bond donors (Lipinski definition) is 1. The van der Waals surface area contributed by atoms with Crippen LogP contribution in [0.1, 0.15) is 24.0 Å². The molecular formula is C23H23ClN2O3. The number of benzene rings is 2.